The maximum atomic E-state index is 2.21. The van der Waals surface area contributed by atoms with Gasteiger partial charge in [0.15, 0.2) is 15.2 Å². The summed E-state index contributed by atoms with van der Waals surface area (Å²) in [6, 6.07) is 0. The quantitative estimate of drug-likeness (QED) is 0.507. The summed E-state index contributed by atoms with van der Waals surface area (Å²) >= 11 is 0.750. The predicted octanol–water partition coefficient (Wildman–Crippen LogP) is 0.779. The van der Waals surface area contributed by atoms with Gasteiger partial charge in [-0.15, -0.1) is 11.6 Å². The van der Waals surface area contributed by atoms with Crippen molar-refractivity contribution >= 4 is 15.2 Å². The maximum Gasteiger partial charge on any atom is 0.191 e. The van der Waals surface area contributed by atoms with Crippen LogP contribution in [0.2, 0.25) is 11.6 Å². The molecule has 6 heavy (non-hydrogen) atoms. The van der Waals surface area contributed by atoms with E-state index in [9.17, 15) is 0 Å². The van der Waals surface area contributed by atoms with Crippen LogP contribution in [0.4, 0.5) is 0 Å². The van der Waals surface area contributed by atoms with Crippen LogP contribution < -0.4 is 0 Å². The molecule has 0 nitrogen and oxygen atoms in total. The molecule has 0 saturated heterocycles. The Labute approximate surface area is 90.6 Å². The van der Waals surface area contributed by atoms with Gasteiger partial charge in [0.2, 0.25) is 0 Å². The minimum absolute atomic E-state index is 0. The Kier molecular flexibility index (Phi) is 98.7. The molecule has 0 heterocycles. The zero-order valence-corrected chi connectivity index (χ0v) is 9.92. The molecule has 29 valence electrons. The second kappa shape index (κ2) is 25.3. The fourth-order valence-electron chi connectivity index (χ4n) is 0. The van der Waals surface area contributed by atoms with Gasteiger partial charge >= 0.3 is 0 Å². The van der Waals surface area contributed by atoms with E-state index in [1.54, 1.807) is 0 Å². The molecule has 0 aliphatic rings. The molecule has 4 heteroatoms. The van der Waals surface area contributed by atoms with Gasteiger partial charge < -0.3 is 0 Å². The Bertz CT molecular complexity index is 8.75. The fourth-order valence-corrected chi connectivity index (χ4v) is 0. The van der Waals surface area contributed by atoms with E-state index in [-0.39, 0.29) is 65.2 Å². The molecule has 0 rings (SSSR count). The van der Waals surface area contributed by atoms with Crippen molar-refractivity contribution in [2.75, 3.05) is 0 Å². The Hall–Kier alpha value is 2.68. The summed E-state index contributed by atoms with van der Waals surface area (Å²) in [4.78, 5) is 0. The molecule has 0 amide bonds. The zero-order valence-electron chi connectivity index (χ0n) is 4.08. The van der Waals surface area contributed by atoms with Gasteiger partial charge in [-0.2, -0.15) is 0 Å². The van der Waals surface area contributed by atoms with E-state index in [2.05, 4.69) is 11.6 Å². The van der Waals surface area contributed by atoms with Gasteiger partial charge in [0.1, 0.15) is 0 Å². The molecule has 0 aromatic carbocycles. The number of hydrogen-bond acceptors (Lipinski definition) is 0. The zero-order chi connectivity index (χ0) is 2.71. The van der Waals surface area contributed by atoms with Gasteiger partial charge in [-0.3, -0.25) is 0 Å². The molecule has 0 aromatic rings. The first-order chi connectivity index (χ1) is 1.41. The van der Waals surface area contributed by atoms with Gasteiger partial charge in [-0.1, -0.05) is 0 Å². The van der Waals surface area contributed by atoms with Gasteiger partial charge in [-0.05, 0) is 0 Å². The van der Waals surface area contributed by atoms with Gasteiger partial charge in [0.25, 0.3) is 0 Å². The summed E-state index contributed by atoms with van der Waals surface area (Å²) in [5.41, 5.74) is 0. The van der Waals surface area contributed by atoms with Crippen LogP contribution in [-0.4, -0.2) is 15.2 Å². The van der Waals surface area contributed by atoms with Crippen molar-refractivity contribution in [2.45, 2.75) is 11.6 Å². The van der Waals surface area contributed by atoms with Crippen molar-refractivity contribution in [3.05, 3.63) is 0 Å². The average molecular weight is 201 g/mol. The molecule has 0 unspecified atom stereocenters. The summed E-state index contributed by atoms with van der Waals surface area (Å²) in [7, 11) is 0. The summed E-state index contributed by atoms with van der Waals surface area (Å²) in [5, 5.41) is 0. The van der Waals surface area contributed by atoms with Crippen molar-refractivity contribution < 1.29 is 65.2 Å². The summed E-state index contributed by atoms with van der Waals surface area (Å²) in [5.74, 6) is 4.42. The molecule has 0 spiro atoms. The van der Waals surface area contributed by atoms with E-state index in [4.69, 9.17) is 0 Å². The first-order valence-electron chi connectivity index (χ1n) is 1.15. The van der Waals surface area contributed by atoms with Crippen molar-refractivity contribution in [3.63, 3.8) is 0 Å². The fraction of sp³-hybridized carbons (Fsp3) is 1.00. The Morgan fingerprint density at radius 2 is 0.833 bits per heavy atom. The van der Waals surface area contributed by atoms with E-state index < -0.39 is 0 Å². The van der Waals surface area contributed by atoms with Crippen LogP contribution in [-0.2, 0) is 65.2 Å². The second-order valence-corrected chi connectivity index (χ2v) is 1.73. The largest absolute Gasteiger partial charge is 0.191 e. The predicted molar refractivity (Wildman–Crippen MR) is 17.5 cm³/mol. The minimum atomic E-state index is 0. The third-order valence-electron chi connectivity index (χ3n) is 0. The molecule has 0 bridgehead atoms. The monoisotopic (exact) mass is 201 g/mol. The van der Waals surface area contributed by atoms with Crippen molar-refractivity contribution in [1.29, 1.82) is 0 Å². The Morgan fingerprint density at radius 1 is 0.833 bits per heavy atom. The van der Waals surface area contributed by atoms with E-state index >= 15 is 0 Å². The molecule has 0 N–H and O–H groups in total. The normalized spacial score (nSPS) is 2.33. The third-order valence-corrected chi connectivity index (χ3v) is 0. The SMILES string of the molecule is [CH3][Al][CH3].[Ti].[Ti].[Ti]. The topological polar surface area (TPSA) is 0 Å². The van der Waals surface area contributed by atoms with E-state index in [1.807, 2.05) is 0 Å². The molecule has 1 radical (unpaired) electrons. The first kappa shape index (κ1) is 23.4. The molecule has 0 atom stereocenters. The third kappa shape index (κ3) is 30.0. The first-order valence-corrected chi connectivity index (χ1v) is 3.46. The van der Waals surface area contributed by atoms with Gasteiger partial charge in [0.05, 0.1) is 0 Å². The van der Waals surface area contributed by atoms with Crippen molar-refractivity contribution in [1.82, 2.24) is 0 Å². The Morgan fingerprint density at radius 3 is 0.833 bits per heavy atom. The molecule has 0 aliphatic carbocycles. The van der Waals surface area contributed by atoms with Gasteiger partial charge in [-0.25, -0.2) is 0 Å². The summed E-state index contributed by atoms with van der Waals surface area (Å²) < 4.78 is 0. The smallest absolute Gasteiger partial charge is 0.115 e. The van der Waals surface area contributed by atoms with Crippen LogP contribution in [0.5, 0.6) is 0 Å². The van der Waals surface area contributed by atoms with E-state index in [0.29, 0.717) is 0 Å². The number of hydrogen-bond donors (Lipinski definition) is 0. The average Bonchev–Trinajstić information content (AvgIpc) is 0.918. The van der Waals surface area contributed by atoms with Crippen LogP contribution >= 0.6 is 0 Å². The molecular weight excluding hydrogens is 195 g/mol. The molecule has 0 saturated carbocycles. The maximum absolute atomic E-state index is 2.21. The summed E-state index contributed by atoms with van der Waals surface area (Å²) in [6.07, 6.45) is 0. The molecule has 0 aliphatic heterocycles. The van der Waals surface area contributed by atoms with Crippen LogP contribution in [0.15, 0.2) is 0 Å². The van der Waals surface area contributed by atoms with Crippen LogP contribution in [0.1, 0.15) is 0 Å². The van der Waals surface area contributed by atoms with E-state index in [1.165, 1.54) is 0 Å². The Balaban J connectivity index is -0.00000000667. The van der Waals surface area contributed by atoms with Gasteiger partial charge in [0, 0.05) is 65.2 Å². The van der Waals surface area contributed by atoms with Crippen LogP contribution in [0.3, 0.4) is 0 Å². The van der Waals surface area contributed by atoms with Crippen LogP contribution in [0.25, 0.3) is 0 Å². The number of rotatable bonds is 0. The summed E-state index contributed by atoms with van der Waals surface area (Å²) in [6.45, 7) is 0. The standard InChI is InChI=1S/2CH3.Al.3Ti/h2*1H3;;;;. The van der Waals surface area contributed by atoms with Crippen molar-refractivity contribution in [3.8, 4) is 0 Å². The van der Waals surface area contributed by atoms with Crippen LogP contribution in [0, 0.1) is 0 Å². The van der Waals surface area contributed by atoms with Crippen molar-refractivity contribution in [2.24, 2.45) is 0 Å². The molecule has 0 fully saturated rings. The second-order valence-electron chi connectivity index (χ2n) is 0.577. The molecular formula is C2H6AlTi3. The molecule has 0 aromatic heterocycles. The minimum Gasteiger partial charge on any atom is -0.115 e. The van der Waals surface area contributed by atoms with E-state index in [0.717, 1.165) is 15.2 Å².